The van der Waals surface area contributed by atoms with Gasteiger partial charge in [0.1, 0.15) is 0 Å². The van der Waals surface area contributed by atoms with Gasteiger partial charge in [-0.05, 0) is 18.6 Å². The van der Waals surface area contributed by atoms with Crippen LogP contribution in [-0.4, -0.2) is 39.0 Å². The number of anilines is 1. The van der Waals surface area contributed by atoms with Gasteiger partial charge in [0.2, 0.25) is 0 Å². The molecule has 0 bridgehead atoms. The van der Waals surface area contributed by atoms with Crippen LogP contribution >= 0.6 is 0 Å². The molecule has 1 heterocycles. The maximum absolute atomic E-state index is 12.2. The Kier molecular flexibility index (Phi) is 4.41. The van der Waals surface area contributed by atoms with E-state index < -0.39 is 10.2 Å². The molecule has 1 aliphatic heterocycles. The number of ether oxygens (including phenoxy) is 1. The van der Waals surface area contributed by atoms with Crippen molar-refractivity contribution in [2.24, 2.45) is 0 Å². The molecular formula is C12H19N3O3S. The number of nitrogens with zero attached hydrogens (tertiary/aromatic N) is 1. The molecule has 19 heavy (non-hydrogen) atoms. The van der Waals surface area contributed by atoms with Gasteiger partial charge >= 0.3 is 0 Å². The lowest BCUT2D eigenvalue weighted by molar-refractivity contribution is 0.0723. The largest absolute Gasteiger partial charge is 0.398 e. The van der Waals surface area contributed by atoms with Crippen LogP contribution in [0.1, 0.15) is 18.5 Å². The van der Waals surface area contributed by atoms with Gasteiger partial charge in [0, 0.05) is 24.8 Å². The Hall–Kier alpha value is -1.15. The highest BCUT2D eigenvalue weighted by molar-refractivity contribution is 7.87. The molecule has 1 aliphatic rings. The van der Waals surface area contributed by atoms with Gasteiger partial charge in [-0.25, -0.2) is 0 Å². The summed E-state index contributed by atoms with van der Waals surface area (Å²) < 4.78 is 33.6. The average Bonchev–Trinajstić information content (AvgIpc) is 2.39. The van der Waals surface area contributed by atoms with Gasteiger partial charge < -0.3 is 10.5 Å². The second-order valence-electron chi connectivity index (χ2n) is 4.48. The van der Waals surface area contributed by atoms with Crippen LogP contribution in [0.4, 0.5) is 5.69 Å². The van der Waals surface area contributed by atoms with Crippen LogP contribution in [0.5, 0.6) is 0 Å². The minimum Gasteiger partial charge on any atom is -0.398 e. The predicted octanol–water partition coefficient (Wildman–Crippen LogP) is 0.496. The van der Waals surface area contributed by atoms with Crippen molar-refractivity contribution in [3.05, 3.63) is 29.8 Å². The summed E-state index contributed by atoms with van der Waals surface area (Å²) in [6.45, 7) is 3.41. The van der Waals surface area contributed by atoms with Gasteiger partial charge in [-0.15, -0.1) is 0 Å². The molecule has 0 amide bonds. The Balaban J connectivity index is 2.09. The standard InChI is InChI=1S/C12H19N3O3S/c1-10(11-4-2-3-5-12(11)13)14-19(16,17)15-6-8-18-9-7-15/h2-5,10,14H,6-9,13H2,1H3. The molecule has 106 valence electrons. The van der Waals surface area contributed by atoms with Crippen molar-refractivity contribution >= 4 is 15.9 Å². The highest BCUT2D eigenvalue weighted by atomic mass is 32.2. The Bertz CT molecular complexity index is 527. The smallest absolute Gasteiger partial charge is 0.280 e. The Morgan fingerprint density at radius 2 is 1.95 bits per heavy atom. The van der Waals surface area contributed by atoms with Crippen molar-refractivity contribution in [1.82, 2.24) is 9.03 Å². The van der Waals surface area contributed by atoms with Gasteiger partial charge in [0.15, 0.2) is 0 Å². The number of nitrogens with one attached hydrogen (secondary N) is 1. The van der Waals surface area contributed by atoms with Gasteiger partial charge in [-0.3, -0.25) is 0 Å². The molecule has 1 aromatic carbocycles. The maximum Gasteiger partial charge on any atom is 0.280 e. The zero-order chi connectivity index (χ0) is 13.9. The summed E-state index contributed by atoms with van der Waals surface area (Å²) in [5.41, 5.74) is 7.21. The first-order valence-electron chi connectivity index (χ1n) is 6.20. The third kappa shape index (κ3) is 3.44. The molecular weight excluding hydrogens is 266 g/mol. The highest BCUT2D eigenvalue weighted by Gasteiger charge is 2.26. The van der Waals surface area contributed by atoms with Crippen molar-refractivity contribution in [2.45, 2.75) is 13.0 Å². The van der Waals surface area contributed by atoms with Gasteiger partial charge in [0.05, 0.1) is 13.2 Å². The van der Waals surface area contributed by atoms with E-state index in [9.17, 15) is 8.42 Å². The molecule has 1 fully saturated rings. The minimum absolute atomic E-state index is 0.367. The van der Waals surface area contributed by atoms with E-state index in [1.807, 2.05) is 18.2 Å². The Morgan fingerprint density at radius 3 is 2.58 bits per heavy atom. The van der Waals surface area contributed by atoms with E-state index in [2.05, 4.69) is 4.72 Å². The predicted molar refractivity (Wildman–Crippen MR) is 73.7 cm³/mol. The number of morpholine rings is 1. The molecule has 0 radical (unpaired) electrons. The molecule has 0 saturated carbocycles. The number of rotatable bonds is 4. The normalized spacial score (nSPS) is 19.2. The van der Waals surface area contributed by atoms with Crippen LogP contribution < -0.4 is 10.5 Å². The first-order chi connectivity index (χ1) is 9.00. The summed E-state index contributed by atoms with van der Waals surface area (Å²) in [4.78, 5) is 0. The topological polar surface area (TPSA) is 84.7 Å². The van der Waals surface area contributed by atoms with Gasteiger partial charge in [-0.2, -0.15) is 17.4 Å². The van der Waals surface area contributed by atoms with Crippen LogP contribution in [-0.2, 0) is 14.9 Å². The Morgan fingerprint density at radius 1 is 1.32 bits per heavy atom. The van der Waals surface area contributed by atoms with Crippen molar-refractivity contribution in [3.8, 4) is 0 Å². The number of hydrogen-bond acceptors (Lipinski definition) is 4. The fraction of sp³-hybridized carbons (Fsp3) is 0.500. The molecule has 1 unspecified atom stereocenters. The van der Waals surface area contributed by atoms with Crippen LogP contribution in [0.2, 0.25) is 0 Å². The number of para-hydroxylation sites is 1. The summed E-state index contributed by atoms with van der Waals surface area (Å²) in [5.74, 6) is 0. The van der Waals surface area contributed by atoms with E-state index in [4.69, 9.17) is 10.5 Å². The molecule has 1 aromatic rings. The van der Waals surface area contributed by atoms with Crippen molar-refractivity contribution < 1.29 is 13.2 Å². The molecule has 0 aromatic heterocycles. The summed E-state index contributed by atoms with van der Waals surface area (Å²) in [5, 5.41) is 0. The molecule has 3 N–H and O–H groups in total. The Labute approximate surface area is 113 Å². The molecule has 0 spiro atoms. The second kappa shape index (κ2) is 5.87. The fourth-order valence-corrected chi connectivity index (χ4v) is 3.41. The maximum atomic E-state index is 12.2. The van der Waals surface area contributed by atoms with Crippen molar-refractivity contribution in [3.63, 3.8) is 0 Å². The lowest BCUT2D eigenvalue weighted by Crippen LogP contribution is -2.47. The summed E-state index contributed by atoms with van der Waals surface area (Å²) >= 11 is 0. The van der Waals surface area contributed by atoms with Crippen LogP contribution in [0.25, 0.3) is 0 Å². The first-order valence-corrected chi connectivity index (χ1v) is 7.64. The molecule has 1 saturated heterocycles. The van der Waals surface area contributed by atoms with Crippen molar-refractivity contribution in [2.75, 3.05) is 32.0 Å². The van der Waals surface area contributed by atoms with Gasteiger partial charge in [-0.1, -0.05) is 18.2 Å². The average molecular weight is 285 g/mol. The lowest BCUT2D eigenvalue weighted by atomic mass is 10.1. The van der Waals surface area contributed by atoms with Gasteiger partial charge in [0.25, 0.3) is 10.2 Å². The molecule has 6 nitrogen and oxygen atoms in total. The fourth-order valence-electron chi connectivity index (χ4n) is 2.05. The summed E-state index contributed by atoms with van der Waals surface area (Å²) in [6, 6.07) is 6.87. The second-order valence-corrected chi connectivity index (χ2v) is 6.19. The van der Waals surface area contributed by atoms with E-state index in [0.717, 1.165) is 5.56 Å². The first kappa shape index (κ1) is 14.3. The van der Waals surface area contributed by atoms with E-state index in [1.54, 1.807) is 13.0 Å². The zero-order valence-corrected chi connectivity index (χ0v) is 11.7. The minimum atomic E-state index is -3.50. The number of benzene rings is 1. The van der Waals surface area contributed by atoms with E-state index in [1.165, 1.54) is 4.31 Å². The van der Waals surface area contributed by atoms with E-state index in [-0.39, 0.29) is 6.04 Å². The number of hydrogen-bond donors (Lipinski definition) is 2. The van der Waals surface area contributed by atoms with Crippen molar-refractivity contribution in [1.29, 1.82) is 0 Å². The molecule has 2 rings (SSSR count). The number of nitrogen functional groups attached to an aromatic ring is 1. The third-order valence-electron chi connectivity index (χ3n) is 3.10. The van der Waals surface area contributed by atoms with Crippen LogP contribution in [0, 0.1) is 0 Å². The highest BCUT2D eigenvalue weighted by Crippen LogP contribution is 2.20. The molecule has 1 atom stereocenters. The summed E-state index contributed by atoms with van der Waals surface area (Å²) in [7, 11) is -3.50. The molecule has 0 aliphatic carbocycles. The third-order valence-corrected chi connectivity index (χ3v) is 4.79. The quantitative estimate of drug-likeness (QED) is 0.789. The molecule has 7 heteroatoms. The summed E-state index contributed by atoms with van der Waals surface area (Å²) in [6.07, 6.45) is 0. The van der Waals surface area contributed by atoms with E-state index in [0.29, 0.717) is 32.0 Å². The van der Waals surface area contributed by atoms with Crippen LogP contribution in [0.15, 0.2) is 24.3 Å². The van der Waals surface area contributed by atoms with Crippen LogP contribution in [0.3, 0.4) is 0 Å². The number of nitrogens with two attached hydrogens (primary N) is 1. The van der Waals surface area contributed by atoms with E-state index >= 15 is 0 Å². The SMILES string of the molecule is CC(NS(=O)(=O)N1CCOCC1)c1ccccc1N. The lowest BCUT2D eigenvalue weighted by Gasteiger charge is -2.28. The monoisotopic (exact) mass is 285 g/mol. The zero-order valence-electron chi connectivity index (χ0n) is 10.9.